The van der Waals surface area contributed by atoms with Crippen LogP contribution >= 0.6 is 11.8 Å². The van der Waals surface area contributed by atoms with Crippen LogP contribution in [0, 0.1) is 37.9 Å². The van der Waals surface area contributed by atoms with Gasteiger partial charge in [-0.15, -0.1) is 0 Å². The van der Waals surface area contributed by atoms with Gasteiger partial charge < -0.3 is 10.5 Å². The Hall–Kier alpha value is -3.64. The second kappa shape index (κ2) is 9.19. The molecule has 0 bridgehead atoms. The van der Waals surface area contributed by atoms with Gasteiger partial charge in [0, 0.05) is 17.1 Å². The number of esters is 1. The Balaban J connectivity index is 2.02. The van der Waals surface area contributed by atoms with Crippen LogP contribution in [0.25, 0.3) is 0 Å². The number of benzene rings is 1. The topological polar surface area (TPSA) is 109 Å². The molecule has 1 unspecified atom stereocenters. The van der Waals surface area contributed by atoms with E-state index in [1.807, 2.05) is 20.8 Å². The molecule has 3 heterocycles. The second-order valence-electron chi connectivity index (χ2n) is 8.77. The minimum atomic E-state index is -0.912. The van der Waals surface area contributed by atoms with Crippen molar-refractivity contribution in [2.75, 3.05) is 5.75 Å². The fraction of sp³-hybridized carbons (Fsp3) is 0.308. The van der Waals surface area contributed by atoms with E-state index in [0.29, 0.717) is 21.8 Å². The van der Waals surface area contributed by atoms with Crippen LogP contribution in [-0.4, -0.2) is 33.6 Å². The van der Waals surface area contributed by atoms with Gasteiger partial charge in [0.05, 0.1) is 34.8 Å². The Kier molecular flexibility index (Phi) is 6.43. The molecule has 9 heteroatoms. The quantitative estimate of drug-likeness (QED) is 0.633. The molecule has 2 aromatic rings. The van der Waals surface area contributed by atoms with Crippen molar-refractivity contribution in [2.24, 2.45) is 5.73 Å². The molecule has 2 aliphatic heterocycles. The summed E-state index contributed by atoms with van der Waals surface area (Å²) in [6.07, 6.45) is -0.438. The van der Waals surface area contributed by atoms with Crippen LogP contribution in [0.1, 0.15) is 52.5 Å². The molecule has 35 heavy (non-hydrogen) atoms. The zero-order chi connectivity index (χ0) is 25.6. The summed E-state index contributed by atoms with van der Waals surface area (Å²) in [5, 5.41) is 10.7. The predicted molar refractivity (Wildman–Crippen MR) is 130 cm³/mol. The molecular weight excluding hydrogens is 467 g/mol. The zero-order valence-electron chi connectivity index (χ0n) is 20.1. The van der Waals surface area contributed by atoms with Crippen LogP contribution in [0.2, 0.25) is 0 Å². The number of fused-ring (bicyclic) bond motifs is 2. The Labute approximate surface area is 207 Å². The van der Waals surface area contributed by atoms with E-state index in [1.54, 1.807) is 13.8 Å². The number of nitrogens with two attached hydrogens (primary N) is 1. The van der Waals surface area contributed by atoms with Crippen molar-refractivity contribution in [3.8, 4) is 6.07 Å². The van der Waals surface area contributed by atoms with Crippen molar-refractivity contribution in [1.29, 1.82) is 5.26 Å². The summed E-state index contributed by atoms with van der Waals surface area (Å²) in [4.78, 5) is 33.3. The number of allylic oxidation sites excluding steroid dienone is 1. The highest BCUT2D eigenvalue weighted by molar-refractivity contribution is 7.99. The normalized spacial score (nSPS) is 17.7. The molecule has 1 atom stereocenters. The fourth-order valence-electron chi connectivity index (χ4n) is 4.36. The van der Waals surface area contributed by atoms with Gasteiger partial charge >= 0.3 is 5.97 Å². The number of pyridine rings is 1. The van der Waals surface area contributed by atoms with Gasteiger partial charge in [-0.3, -0.25) is 9.69 Å². The molecule has 7 nitrogen and oxygen atoms in total. The minimum Gasteiger partial charge on any atom is -0.460 e. The van der Waals surface area contributed by atoms with Crippen LogP contribution in [0.3, 0.4) is 0 Å². The Morgan fingerprint density at radius 1 is 1.26 bits per heavy atom. The molecule has 0 radical (unpaired) electrons. The van der Waals surface area contributed by atoms with E-state index < -0.39 is 29.7 Å². The van der Waals surface area contributed by atoms with Gasteiger partial charge in [0.2, 0.25) is 0 Å². The summed E-state index contributed by atoms with van der Waals surface area (Å²) < 4.78 is 19.2. The average molecular weight is 493 g/mol. The lowest BCUT2D eigenvalue weighted by Crippen LogP contribution is -2.41. The molecule has 1 aromatic heterocycles. The molecule has 1 amide bonds. The second-order valence-corrected chi connectivity index (χ2v) is 9.73. The first-order valence-corrected chi connectivity index (χ1v) is 12.1. The van der Waals surface area contributed by atoms with Gasteiger partial charge in [-0.1, -0.05) is 23.9 Å². The first-order chi connectivity index (χ1) is 16.6. The third-order valence-electron chi connectivity index (χ3n) is 6.29. The molecule has 0 spiro atoms. The lowest BCUT2D eigenvalue weighted by atomic mass is 9.81. The highest BCUT2D eigenvalue weighted by atomic mass is 32.2. The van der Waals surface area contributed by atoms with E-state index in [9.17, 15) is 19.2 Å². The number of hydrogen-bond donors (Lipinski definition) is 1. The van der Waals surface area contributed by atoms with Gasteiger partial charge in [0.15, 0.2) is 0 Å². The number of aryl methyl sites for hydroxylation is 1. The number of thioether (sulfide) groups is 1. The molecule has 0 fully saturated rings. The highest BCUT2D eigenvalue weighted by Crippen LogP contribution is 2.45. The maximum atomic E-state index is 13.9. The summed E-state index contributed by atoms with van der Waals surface area (Å²) >= 11 is 1.33. The highest BCUT2D eigenvalue weighted by Gasteiger charge is 2.44. The third-order valence-corrected chi connectivity index (χ3v) is 7.27. The summed E-state index contributed by atoms with van der Waals surface area (Å²) in [5.41, 5.74) is 10.3. The van der Waals surface area contributed by atoms with E-state index in [4.69, 9.17) is 10.5 Å². The van der Waals surface area contributed by atoms with Crippen LogP contribution < -0.4 is 5.73 Å². The van der Waals surface area contributed by atoms with E-state index in [-0.39, 0.29) is 22.7 Å². The number of ether oxygens (including phenoxy) is 1. The van der Waals surface area contributed by atoms with E-state index in [0.717, 1.165) is 16.8 Å². The smallest absolute Gasteiger partial charge is 0.337 e. The molecule has 2 N–H and O–H groups in total. The van der Waals surface area contributed by atoms with Crippen molar-refractivity contribution in [2.45, 2.75) is 51.7 Å². The number of aromatic nitrogens is 1. The number of nitriles is 1. The van der Waals surface area contributed by atoms with E-state index in [1.165, 1.54) is 40.9 Å². The molecule has 4 rings (SSSR count). The zero-order valence-corrected chi connectivity index (χ0v) is 20.9. The summed E-state index contributed by atoms with van der Waals surface area (Å²) in [5.74, 6) is -2.34. The first-order valence-electron chi connectivity index (χ1n) is 11.1. The maximum absolute atomic E-state index is 13.9. The Morgan fingerprint density at radius 3 is 2.51 bits per heavy atom. The van der Waals surface area contributed by atoms with Crippen molar-refractivity contribution in [1.82, 2.24) is 9.88 Å². The van der Waals surface area contributed by atoms with Gasteiger partial charge in [-0.25, -0.2) is 14.2 Å². The van der Waals surface area contributed by atoms with Crippen LogP contribution in [0.5, 0.6) is 0 Å². The van der Waals surface area contributed by atoms with Crippen molar-refractivity contribution < 1.29 is 18.7 Å². The number of halogens is 1. The largest absolute Gasteiger partial charge is 0.460 e. The van der Waals surface area contributed by atoms with Crippen molar-refractivity contribution >= 4 is 23.6 Å². The summed E-state index contributed by atoms with van der Waals surface area (Å²) in [7, 11) is 0. The van der Waals surface area contributed by atoms with Gasteiger partial charge in [-0.2, -0.15) is 5.26 Å². The Bertz CT molecular complexity index is 1360. The average Bonchev–Trinajstić information content (AvgIpc) is 2.94. The van der Waals surface area contributed by atoms with Crippen molar-refractivity contribution in [3.63, 3.8) is 0 Å². The molecular formula is C26H25FN4O3S. The number of carbonyl (C=O) groups is 2. The third kappa shape index (κ3) is 4.08. The lowest BCUT2D eigenvalue weighted by Gasteiger charge is -2.35. The minimum absolute atomic E-state index is 0.0207. The molecule has 1 aromatic carbocycles. The molecule has 2 aliphatic rings. The van der Waals surface area contributed by atoms with Crippen LogP contribution in [-0.2, 0) is 9.53 Å². The molecule has 0 saturated heterocycles. The lowest BCUT2D eigenvalue weighted by molar-refractivity contribution is -0.143. The molecule has 0 aliphatic carbocycles. The van der Waals surface area contributed by atoms with Gasteiger partial charge in [-0.05, 0) is 63.4 Å². The van der Waals surface area contributed by atoms with Crippen LogP contribution in [0.15, 0.2) is 52.0 Å². The summed E-state index contributed by atoms with van der Waals surface area (Å²) in [6.45, 7) is 9.05. The van der Waals surface area contributed by atoms with Crippen molar-refractivity contribution in [3.05, 3.63) is 80.7 Å². The standard InChI is InChI=1S/C26H25FN4O3S/c1-12(2)34-26(33)22-19-11-35-24-20(14(4)13(3)15(5)30-24)25(32)31(19)23(29)18(10-28)21(22)16-6-8-17(27)9-7-16/h6-9,12,21H,11,29H2,1-5H3. The number of hydrogen-bond acceptors (Lipinski definition) is 7. The molecule has 180 valence electrons. The summed E-state index contributed by atoms with van der Waals surface area (Å²) in [6, 6.07) is 7.60. The van der Waals surface area contributed by atoms with Gasteiger partial charge in [0.25, 0.3) is 5.91 Å². The monoisotopic (exact) mass is 492 g/mol. The Morgan fingerprint density at radius 2 is 1.91 bits per heavy atom. The number of rotatable bonds is 3. The van der Waals surface area contributed by atoms with E-state index >= 15 is 0 Å². The van der Waals surface area contributed by atoms with E-state index in [2.05, 4.69) is 11.1 Å². The molecule has 0 saturated carbocycles. The SMILES string of the molecule is Cc1nc2c(c(C)c1C)C(=O)N1C(N)=C(C#N)C(c3ccc(F)cc3)C(C(=O)OC(C)C)=C1CS2. The van der Waals surface area contributed by atoms with Crippen LogP contribution in [0.4, 0.5) is 4.39 Å². The first kappa shape index (κ1) is 24.5. The maximum Gasteiger partial charge on any atom is 0.337 e. The van der Waals surface area contributed by atoms with Gasteiger partial charge in [0.1, 0.15) is 16.7 Å². The number of amides is 1. The number of carbonyl (C=O) groups excluding carboxylic acids is 2. The number of nitrogens with zero attached hydrogens (tertiary/aromatic N) is 3. The predicted octanol–water partition coefficient (Wildman–Crippen LogP) is 4.39. The fourth-order valence-corrected chi connectivity index (χ4v) is 5.50.